The highest BCUT2D eigenvalue weighted by atomic mass is 16.9. The summed E-state index contributed by atoms with van der Waals surface area (Å²) in [6.07, 6.45) is -2.14. The maximum atomic E-state index is 10.4. The minimum atomic E-state index is -1.34. The molecule has 3 fully saturated rings. The smallest absolute Gasteiger partial charge is 0.227 e. The second-order valence-corrected chi connectivity index (χ2v) is 6.74. The summed E-state index contributed by atoms with van der Waals surface area (Å²) in [6, 6.07) is 0. The van der Waals surface area contributed by atoms with Gasteiger partial charge in [-0.2, -0.15) is 0 Å². The molecule has 122 valence electrons. The number of aliphatic hydroxyl groups is 2. The Morgan fingerprint density at radius 3 is 2.48 bits per heavy atom. The van der Waals surface area contributed by atoms with Crippen LogP contribution in [0.5, 0.6) is 0 Å². The van der Waals surface area contributed by atoms with Gasteiger partial charge in [-0.1, -0.05) is 0 Å². The van der Waals surface area contributed by atoms with E-state index in [9.17, 15) is 5.11 Å². The van der Waals surface area contributed by atoms with Gasteiger partial charge in [-0.3, -0.25) is 0 Å². The fourth-order valence-electron chi connectivity index (χ4n) is 3.40. The molecule has 0 aliphatic carbocycles. The van der Waals surface area contributed by atoms with Crippen molar-refractivity contribution in [3.05, 3.63) is 0 Å². The van der Waals surface area contributed by atoms with Gasteiger partial charge in [0.2, 0.25) is 5.79 Å². The Hall–Kier alpha value is -0.280. The van der Waals surface area contributed by atoms with Crippen LogP contribution in [0.15, 0.2) is 0 Å². The summed E-state index contributed by atoms with van der Waals surface area (Å²) in [5, 5.41) is 19.5. The highest BCUT2D eigenvalue weighted by Crippen LogP contribution is 2.49. The van der Waals surface area contributed by atoms with E-state index >= 15 is 0 Å². The first kappa shape index (κ1) is 15.6. The maximum absolute atomic E-state index is 10.4. The van der Waals surface area contributed by atoms with Crippen molar-refractivity contribution in [3.8, 4) is 0 Å². The molecule has 3 aliphatic heterocycles. The van der Waals surface area contributed by atoms with Crippen LogP contribution in [0.1, 0.15) is 34.1 Å². The average molecular weight is 304 g/mol. The van der Waals surface area contributed by atoms with Crippen molar-refractivity contribution in [1.29, 1.82) is 0 Å². The van der Waals surface area contributed by atoms with Gasteiger partial charge in [0, 0.05) is 13.0 Å². The van der Waals surface area contributed by atoms with Crippen molar-refractivity contribution < 1.29 is 33.9 Å². The van der Waals surface area contributed by atoms with Gasteiger partial charge in [0.05, 0.1) is 6.61 Å². The van der Waals surface area contributed by atoms with Gasteiger partial charge >= 0.3 is 0 Å². The molecule has 21 heavy (non-hydrogen) atoms. The third kappa shape index (κ3) is 2.50. The molecular formula is C14H24O7. The summed E-state index contributed by atoms with van der Waals surface area (Å²) in [7, 11) is 0. The molecule has 0 aromatic rings. The molecule has 3 aliphatic rings. The van der Waals surface area contributed by atoms with Crippen LogP contribution in [0, 0.1) is 0 Å². The van der Waals surface area contributed by atoms with Crippen molar-refractivity contribution in [1.82, 2.24) is 0 Å². The maximum Gasteiger partial charge on any atom is 0.227 e. The zero-order chi connectivity index (χ0) is 15.5. The van der Waals surface area contributed by atoms with E-state index in [2.05, 4.69) is 0 Å². The van der Waals surface area contributed by atoms with E-state index in [4.69, 9.17) is 28.8 Å². The van der Waals surface area contributed by atoms with Crippen LogP contribution in [-0.2, 0) is 23.7 Å². The number of ether oxygens (including phenoxy) is 5. The fourth-order valence-corrected chi connectivity index (χ4v) is 3.40. The molecule has 0 unspecified atom stereocenters. The number of aliphatic hydroxyl groups excluding tert-OH is 2. The predicted molar refractivity (Wildman–Crippen MR) is 70.3 cm³/mol. The number of fused-ring (bicyclic) bond motifs is 3. The fraction of sp³-hybridized carbons (Fsp3) is 1.00. The molecule has 0 spiro atoms. The van der Waals surface area contributed by atoms with Gasteiger partial charge in [-0.25, -0.2) is 0 Å². The van der Waals surface area contributed by atoms with Crippen molar-refractivity contribution in [3.63, 3.8) is 0 Å². The van der Waals surface area contributed by atoms with Crippen molar-refractivity contribution in [2.24, 2.45) is 0 Å². The van der Waals surface area contributed by atoms with Gasteiger partial charge in [0.15, 0.2) is 11.6 Å². The molecule has 0 aromatic heterocycles. The molecule has 0 saturated carbocycles. The quantitative estimate of drug-likeness (QED) is 0.766. The summed E-state index contributed by atoms with van der Waals surface area (Å²) in [6.45, 7) is 7.26. The largest absolute Gasteiger partial charge is 0.396 e. The highest BCUT2D eigenvalue weighted by molar-refractivity contribution is 5.06. The monoisotopic (exact) mass is 304 g/mol. The minimum absolute atomic E-state index is 0.136. The zero-order valence-corrected chi connectivity index (χ0v) is 12.9. The third-order valence-electron chi connectivity index (χ3n) is 4.07. The van der Waals surface area contributed by atoms with Crippen LogP contribution in [-0.4, -0.2) is 65.2 Å². The number of hydrogen-bond acceptors (Lipinski definition) is 7. The summed E-state index contributed by atoms with van der Waals surface area (Å²) in [4.78, 5) is 0. The lowest BCUT2D eigenvalue weighted by molar-refractivity contribution is -0.319. The zero-order valence-electron chi connectivity index (χ0n) is 12.9. The first-order valence-electron chi connectivity index (χ1n) is 7.36. The van der Waals surface area contributed by atoms with E-state index in [-0.39, 0.29) is 31.8 Å². The van der Waals surface area contributed by atoms with Gasteiger partial charge in [-0.05, 0) is 27.7 Å². The molecule has 7 nitrogen and oxygen atoms in total. The summed E-state index contributed by atoms with van der Waals surface area (Å²) in [5.74, 6) is -2.98. The van der Waals surface area contributed by atoms with Crippen molar-refractivity contribution in [2.45, 2.75) is 75.9 Å². The Bertz CT molecular complexity index is 410. The molecule has 0 bridgehead atoms. The summed E-state index contributed by atoms with van der Waals surface area (Å²) >= 11 is 0. The Morgan fingerprint density at radius 1 is 1.10 bits per heavy atom. The van der Waals surface area contributed by atoms with Crippen LogP contribution in [0.3, 0.4) is 0 Å². The van der Waals surface area contributed by atoms with E-state index in [1.165, 1.54) is 0 Å². The van der Waals surface area contributed by atoms with Crippen LogP contribution >= 0.6 is 0 Å². The molecule has 0 radical (unpaired) electrons. The lowest BCUT2D eigenvalue weighted by Crippen LogP contribution is -2.63. The van der Waals surface area contributed by atoms with Gasteiger partial charge in [-0.15, -0.1) is 0 Å². The number of rotatable bonds is 3. The van der Waals surface area contributed by atoms with E-state index in [0.29, 0.717) is 0 Å². The molecule has 0 aromatic carbocycles. The molecule has 3 rings (SSSR count). The molecule has 3 heterocycles. The standard InChI is InChI=1S/C14H24O7/c1-12(2)18-8-7-17-14(9(16)5-6-15)11(10(8)19-12)20-13(3,4)21-14/h8-11,15-16H,5-7H2,1-4H3/t8-,9+,10-,11+,14+/m1/s1. The van der Waals surface area contributed by atoms with Gasteiger partial charge < -0.3 is 33.9 Å². The average Bonchev–Trinajstić information content (AvgIpc) is 2.81. The van der Waals surface area contributed by atoms with Crippen LogP contribution in [0.2, 0.25) is 0 Å². The van der Waals surface area contributed by atoms with Crippen LogP contribution < -0.4 is 0 Å². The van der Waals surface area contributed by atoms with E-state index in [1.54, 1.807) is 13.8 Å². The molecule has 5 atom stereocenters. The van der Waals surface area contributed by atoms with Crippen molar-refractivity contribution in [2.75, 3.05) is 13.2 Å². The SMILES string of the molecule is CC1(C)O[C@@H]2[C@@H](CO[C@@]3([C@@H](O)CCO)OC(C)(C)O[C@@H]23)O1. The molecule has 2 N–H and O–H groups in total. The topological polar surface area (TPSA) is 86.6 Å². The summed E-state index contributed by atoms with van der Waals surface area (Å²) in [5.41, 5.74) is 0. The second-order valence-electron chi connectivity index (χ2n) is 6.74. The Kier molecular flexibility index (Phi) is 3.61. The lowest BCUT2D eigenvalue weighted by atomic mass is 9.91. The molecule has 0 amide bonds. The van der Waals surface area contributed by atoms with Crippen LogP contribution in [0.4, 0.5) is 0 Å². The van der Waals surface area contributed by atoms with E-state index in [1.807, 2.05) is 13.8 Å². The first-order chi connectivity index (χ1) is 9.69. The van der Waals surface area contributed by atoms with Crippen LogP contribution in [0.25, 0.3) is 0 Å². The van der Waals surface area contributed by atoms with E-state index < -0.39 is 29.6 Å². The first-order valence-corrected chi connectivity index (χ1v) is 7.36. The lowest BCUT2D eigenvalue weighted by Gasteiger charge is -2.43. The highest BCUT2D eigenvalue weighted by Gasteiger charge is 2.67. The normalized spacial score (nSPS) is 45.1. The number of hydrogen-bond donors (Lipinski definition) is 2. The van der Waals surface area contributed by atoms with Gasteiger partial charge in [0.25, 0.3) is 0 Å². The van der Waals surface area contributed by atoms with Crippen molar-refractivity contribution >= 4 is 0 Å². The summed E-state index contributed by atoms with van der Waals surface area (Å²) < 4.78 is 29.4. The molecular weight excluding hydrogens is 280 g/mol. The predicted octanol–water partition coefficient (Wildman–Crippen LogP) is 0.128. The second kappa shape index (κ2) is 4.86. The Morgan fingerprint density at radius 2 is 1.81 bits per heavy atom. The minimum Gasteiger partial charge on any atom is -0.396 e. The van der Waals surface area contributed by atoms with E-state index in [0.717, 1.165) is 0 Å². The Labute approximate surface area is 124 Å². The Balaban J connectivity index is 1.91. The van der Waals surface area contributed by atoms with Gasteiger partial charge in [0.1, 0.15) is 24.4 Å². The molecule has 7 heteroatoms. The molecule has 3 saturated heterocycles. The third-order valence-corrected chi connectivity index (χ3v) is 4.07.